The molecule has 3 rings (SSSR count). The van der Waals surface area contributed by atoms with E-state index in [2.05, 4.69) is 4.98 Å². The molecule has 0 N–H and O–H groups in total. The van der Waals surface area contributed by atoms with E-state index in [4.69, 9.17) is 4.74 Å². The van der Waals surface area contributed by atoms with E-state index in [-0.39, 0.29) is 23.5 Å². The highest BCUT2D eigenvalue weighted by molar-refractivity contribution is 5.98. The van der Waals surface area contributed by atoms with Crippen molar-refractivity contribution in [3.63, 3.8) is 0 Å². The molecule has 0 unspecified atom stereocenters. The highest BCUT2D eigenvalue weighted by Crippen LogP contribution is 2.25. The fraction of sp³-hybridized carbons (Fsp3) is 0.167. The Morgan fingerprint density at radius 1 is 1.03 bits per heavy atom. The number of carbonyl (C=O) groups excluding carboxylic acids is 1. The quantitative estimate of drug-likeness (QED) is 0.431. The van der Waals surface area contributed by atoms with E-state index in [1.165, 1.54) is 6.07 Å². The lowest BCUT2D eigenvalue weighted by molar-refractivity contribution is 0.0990. The van der Waals surface area contributed by atoms with Crippen LogP contribution in [0.25, 0.3) is 17.2 Å². The summed E-state index contributed by atoms with van der Waals surface area (Å²) in [5, 5.41) is 0. The van der Waals surface area contributed by atoms with Gasteiger partial charge < -0.3 is 4.74 Å². The summed E-state index contributed by atoms with van der Waals surface area (Å²) in [7, 11) is 0. The number of ketones is 1. The first-order valence-corrected chi connectivity index (χ1v) is 9.42. The van der Waals surface area contributed by atoms with E-state index in [0.717, 1.165) is 17.2 Å². The molecule has 0 atom stereocenters. The number of hydrogen-bond donors (Lipinski definition) is 0. The lowest BCUT2D eigenvalue weighted by Gasteiger charge is -2.10. The summed E-state index contributed by atoms with van der Waals surface area (Å²) < 4.78 is 44.2. The molecule has 154 valence electrons. The molecule has 6 heteroatoms. The molecule has 0 spiro atoms. The van der Waals surface area contributed by atoms with E-state index in [1.54, 1.807) is 56.4 Å². The summed E-state index contributed by atoms with van der Waals surface area (Å²) in [6, 6.07) is 13.2. The van der Waals surface area contributed by atoms with E-state index in [1.807, 2.05) is 6.07 Å². The van der Waals surface area contributed by atoms with Crippen molar-refractivity contribution in [2.24, 2.45) is 0 Å². The van der Waals surface area contributed by atoms with Crippen LogP contribution in [0.2, 0.25) is 0 Å². The van der Waals surface area contributed by atoms with Crippen LogP contribution in [0.3, 0.4) is 0 Å². The van der Waals surface area contributed by atoms with Gasteiger partial charge in [-0.05, 0) is 48.7 Å². The van der Waals surface area contributed by atoms with Crippen molar-refractivity contribution in [1.82, 2.24) is 4.98 Å². The fourth-order valence-corrected chi connectivity index (χ4v) is 3.09. The van der Waals surface area contributed by atoms with Crippen LogP contribution in [0.5, 0.6) is 5.75 Å². The number of nitrogens with zero attached hydrogens (tertiary/aromatic N) is 1. The van der Waals surface area contributed by atoms with Crippen molar-refractivity contribution < 1.29 is 22.7 Å². The van der Waals surface area contributed by atoms with Gasteiger partial charge in [-0.2, -0.15) is 8.78 Å². The van der Waals surface area contributed by atoms with Crippen molar-refractivity contribution in [3.05, 3.63) is 89.0 Å². The second-order valence-corrected chi connectivity index (χ2v) is 6.68. The normalized spacial score (nSPS) is 10.6. The minimum atomic E-state index is -1.75. The topological polar surface area (TPSA) is 39.2 Å². The predicted octanol–water partition coefficient (Wildman–Crippen LogP) is 6.26. The van der Waals surface area contributed by atoms with E-state index >= 15 is 0 Å². The molecular formula is C24H20F3NO2. The monoisotopic (exact) mass is 411 g/mol. The Kier molecular flexibility index (Phi) is 6.67. The molecule has 1 aromatic heterocycles. The molecule has 0 fully saturated rings. The molecule has 30 heavy (non-hydrogen) atoms. The van der Waals surface area contributed by atoms with Crippen molar-refractivity contribution >= 4 is 11.9 Å². The Morgan fingerprint density at radius 2 is 1.73 bits per heavy atom. The van der Waals surface area contributed by atoms with Crippen LogP contribution in [0.4, 0.5) is 13.2 Å². The Balaban J connectivity index is 1.73. The van der Waals surface area contributed by atoms with Crippen LogP contribution < -0.4 is 4.74 Å². The summed E-state index contributed by atoms with van der Waals surface area (Å²) in [4.78, 5) is 16.9. The third-order valence-corrected chi connectivity index (χ3v) is 4.64. The van der Waals surface area contributed by atoms with Crippen molar-refractivity contribution in [3.8, 4) is 16.9 Å². The number of halogens is 3. The number of carbonyl (C=O) groups is 1. The van der Waals surface area contributed by atoms with Crippen LogP contribution in [-0.4, -0.2) is 17.4 Å². The van der Waals surface area contributed by atoms with Crippen LogP contribution >= 0.6 is 0 Å². The zero-order valence-electron chi connectivity index (χ0n) is 16.6. The number of Topliss-reactive ketones (excluding diaryl/α,β-unsaturated/α-hetero) is 1. The molecule has 2 aromatic carbocycles. The van der Waals surface area contributed by atoms with Gasteiger partial charge in [-0.25, -0.2) is 4.39 Å². The molecule has 0 aliphatic rings. The Bertz CT molecular complexity index is 1070. The Labute approximate surface area is 172 Å². The highest BCUT2D eigenvalue weighted by atomic mass is 19.3. The van der Waals surface area contributed by atoms with Gasteiger partial charge in [0.15, 0.2) is 17.3 Å². The second kappa shape index (κ2) is 9.39. The number of benzene rings is 2. The predicted molar refractivity (Wildman–Crippen MR) is 110 cm³/mol. The highest BCUT2D eigenvalue weighted by Gasteiger charge is 2.17. The van der Waals surface area contributed by atoms with Gasteiger partial charge >= 0.3 is 0 Å². The first kappa shape index (κ1) is 21.3. The molecule has 3 nitrogen and oxygen atoms in total. The Morgan fingerprint density at radius 3 is 2.33 bits per heavy atom. The van der Waals surface area contributed by atoms with E-state index in [0.29, 0.717) is 23.4 Å². The molecule has 3 aromatic rings. The molecule has 0 aliphatic carbocycles. The number of rotatable bonds is 7. The summed E-state index contributed by atoms with van der Waals surface area (Å²) in [5.41, 5.74) is 3.13. The average molecular weight is 411 g/mol. The maximum absolute atomic E-state index is 14.3. The zero-order valence-corrected chi connectivity index (χ0v) is 16.6. The lowest BCUT2D eigenvalue weighted by Crippen LogP contribution is -2.09. The lowest BCUT2D eigenvalue weighted by atomic mass is 9.99. The number of aromatic nitrogens is 1. The minimum Gasteiger partial charge on any atom is -0.491 e. The van der Waals surface area contributed by atoms with E-state index < -0.39 is 11.9 Å². The summed E-state index contributed by atoms with van der Waals surface area (Å²) in [6.07, 6.45) is 0.701. The minimum absolute atomic E-state index is 0.0358. The van der Waals surface area contributed by atoms with Crippen molar-refractivity contribution in [2.75, 3.05) is 6.61 Å². The first-order valence-electron chi connectivity index (χ1n) is 9.42. The molecule has 0 saturated heterocycles. The largest absolute Gasteiger partial charge is 0.491 e. The SMILES string of the molecule is CCOc1ccc(C(=O)Cc2ccc(-c3ccc(C=C(F)F)cc3)cn2)c(C)c1F. The summed E-state index contributed by atoms with van der Waals surface area (Å²) in [6.45, 7) is 3.65. The summed E-state index contributed by atoms with van der Waals surface area (Å²) >= 11 is 0. The smallest absolute Gasteiger partial charge is 0.270 e. The van der Waals surface area contributed by atoms with Gasteiger partial charge in [0, 0.05) is 29.1 Å². The first-order chi connectivity index (χ1) is 14.4. The standard InChI is InChI=1S/C24H20F3NO2/c1-3-30-22-11-10-20(15(2)24(22)27)21(29)13-19-9-8-18(14-28-19)17-6-4-16(5-7-17)12-23(25)26/h4-12,14H,3,13H2,1-2H3. The van der Waals surface area contributed by atoms with Gasteiger partial charge in [0.1, 0.15) is 0 Å². The van der Waals surface area contributed by atoms with Gasteiger partial charge in [0.05, 0.1) is 13.0 Å². The third-order valence-electron chi connectivity index (χ3n) is 4.64. The van der Waals surface area contributed by atoms with Crippen LogP contribution in [0.1, 0.15) is 34.1 Å². The van der Waals surface area contributed by atoms with E-state index in [9.17, 15) is 18.0 Å². The van der Waals surface area contributed by atoms with Gasteiger partial charge in [0.2, 0.25) is 0 Å². The molecule has 1 heterocycles. The maximum atomic E-state index is 14.3. The van der Waals surface area contributed by atoms with Crippen molar-refractivity contribution in [1.29, 1.82) is 0 Å². The third kappa shape index (κ3) is 4.95. The molecule has 0 amide bonds. The maximum Gasteiger partial charge on any atom is 0.270 e. The average Bonchev–Trinajstić information content (AvgIpc) is 2.72. The van der Waals surface area contributed by atoms with Crippen LogP contribution in [0, 0.1) is 12.7 Å². The molecule has 0 radical (unpaired) electrons. The fourth-order valence-electron chi connectivity index (χ4n) is 3.09. The molecule has 0 aliphatic heterocycles. The van der Waals surface area contributed by atoms with Gasteiger partial charge in [-0.1, -0.05) is 30.3 Å². The van der Waals surface area contributed by atoms with Gasteiger partial charge in [-0.3, -0.25) is 9.78 Å². The van der Waals surface area contributed by atoms with Crippen LogP contribution in [0.15, 0.2) is 60.8 Å². The zero-order chi connectivity index (χ0) is 21.7. The van der Waals surface area contributed by atoms with Crippen molar-refractivity contribution in [2.45, 2.75) is 20.3 Å². The molecular weight excluding hydrogens is 391 g/mol. The van der Waals surface area contributed by atoms with Crippen LogP contribution in [-0.2, 0) is 6.42 Å². The number of ether oxygens (including phenoxy) is 1. The molecule has 0 bridgehead atoms. The molecule has 0 saturated carbocycles. The second-order valence-electron chi connectivity index (χ2n) is 6.68. The van der Waals surface area contributed by atoms with Gasteiger partial charge in [0.25, 0.3) is 6.08 Å². The number of hydrogen-bond acceptors (Lipinski definition) is 3. The van der Waals surface area contributed by atoms with Gasteiger partial charge in [-0.15, -0.1) is 0 Å². The Hall–Kier alpha value is -3.41. The summed E-state index contributed by atoms with van der Waals surface area (Å²) in [5.74, 6) is -0.638. The number of pyridine rings is 1.